The highest BCUT2D eigenvalue weighted by atomic mass is 16.7. The van der Waals surface area contributed by atoms with Gasteiger partial charge in [-0.2, -0.15) is 0 Å². The van der Waals surface area contributed by atoms with E-state index in [9.17, 15) is 39.9 Å². The molecule has 0 amide bonds. The van der Waals surface area contributed by atoms with Gasteiger partial charge in [0, 0.05) is 42.0 Å². The number of Topliss-reactive ketones (excluding diaryl/α,β-unsaturated/α-hetero) is 1. The van der Waals surface area contributed by atoms with Crippen LogP contribution in [0.4, 0.5) is 0 Å². The first-order valence-corrected chi connectivity index (χ1v) is 11.9. The van der Waals surface area contributed by atoms with Crippen molar-refractivity contribution in [2.45, 2.75) is 69.4 Å². The molecule has 0 saturated carbocycles. The van der Waals surface area contributed by atoms with E-state index in [-0.39, 0.29) is 35.1 Å². The van der Waals surface area contributed by atoms with Crippen molar-refractivity contribution in [2.75, 3.05) is 0 Å². The molecule has 0 spiro atoms. The van der Waals surface area contributed by atoms with Crippen molar-refractivity contribution in [2.24, 2.45) is 5.73 Å². The maximum Gasteiger partial charge on any atom is 0.202 e. The minimum absolute atomic E-state index is 0.0478. The molecule has 196 valence electrons. The number of ketones is 3. The Kier molecular flexibility index (Phi) is 5.89. The summed E-state index contributed by atoms with van der Waals surface area (Å²) in [6, 6.07) is 3.20. The van der Waals surface area contributed by atoms with Crippen LogP contribution in [0.25, 0.3) is 0 Å². The highest BCUT2D eigenvalue weighted by molar-refractivity contribution is 6.31. The number of aliphatic hydroxyl groups is 2. The average Bonchev–Trinajstić information content (AvgIpc) is 2.82. The molecular weight excluding hydrogens is 486 g/mol. The van der Waals surface area contributed by atoms with E-state index in [4.69, 9.17) is 15.2 Å². The molecule has 7 N–H and O–H groups in total. The van der Waals surface area contributed by atoms with Gasteiger partial charge in [0.1, 0.15) is 22.8 Å². The summed E-state index contributed by atoms with van der Waals surface area (Å²) in [5.74, 6) is -4.13. The molecule has 2 aromatic carbocycles. The minimum Gasteiger partial charge on any atom is -0.507 e. The van der Waals surface area contributed by atoms with E-state index >= 15 is 0 Å². The van der Waals surface area contributed by atoms with E-state index in [2.05, 4.69) is 0 Å². The molecule has 1 unspecified atom stereocenters. The van der Waals surface area contributed by atoms with Crippen molar-refractivity contribution >= 4 is 17.3 Å². The van der Waals surface area contributed by atoms with Crippen LogP contribution in [0.15, 0.2) is 18.2 Å². The van der Waals surface area contributed by atoms with Gasteiger partial charge in [0.25, 0.3) is 0 Å². The summed E-state index contributed by atoms with van der Waals surface area (Å²) in [6.45, 7) is 2.76. The first-order valence-electron chi connectivity index (χ1n) is 11.9. The smallest absolute Gasteiger partial charge is 0.202 e. The molecule has 6 atom stereocenters. The summed E-state index contributed by atoms with van der Waals surface area (Å²) in [4.78, 5) is 39.1. The highest BCUT2D eigenvalue weighted by Gasteiger charge is 2.49. The molecule has 37 heavy (non-hydrogen) atoms. The van der Waals surface area contributed by atoms with Crippen LogP contribution in [-0.2, 0) is 20.7 Å². The Morgan fingerprint density at radius 3 is 2.43 bits per heavy atom. The lowest BCUT2D eigenvalue weighted by Gasteiger charge is -2.42. The molecule has 2 aromatic rings. The maximum absolute atomic E-state index is 13.4. The third-order valence-electron chi connectivity index (χ3n) is 7.59. The Balaban J connectivity index is 1.68. The van der Waals surface area contributed by atoms with Crippen LogP contribution in [0.5, 0.6) is 17.2 Å². The molecule has 5 rings (SSSR count). The van der Waals surface area contributed by atoms with Crippen LogP contribution in [0, 0.1) is 0 Å². The number of phenols is 3. The van der Waals surface area contributed by atoms with E-state index in [1.165, 1.54) is 18.2 Å². The largest absolute Gasteiger partial charge is 0.507 e. The number of rotatable bonds is 3. The fourth-order valence-electron chi connectivity index (χ4n) is 5.50. The monoisotopic (exact) mass is 513 g/mol. The SMILES string of the molecule is CC(=O)[C@]1(O)Cc2c(O)c3c(c(O)c2[C@@H](OC2C[C@H](N)[C@H](O)[C@H](C)O2)C1)C(=O)c1c(O)cccc1C3=O. The van der Waals surface area contributed by atoms with Crippen molar-refractivity contribution in [3.05, 3.63) is 51.6 Å². The van der Waals surface area contributed by atoms with Crippen molar-refractivity contribution in [1.29, 1.82) is 0 Å². The molecule has 3 aliphatic rings. The second kappa shape index (κ2) is 8.61. The summed E-state index contributed by atoms with van der Waals surface area (Å²) in [7, 11) is 0. The Morgan fingerprint density at radius 1 is 1.11 bits per heavy atom. The lowest BCUT2D eigenvalue weighted by atomic mass is 9.72. The Morgan fingerprint density at radius 2 is 1.78 bits per heavy atom. The third kappa shape index (κ3) is 3.73. The van der Waals surface area contributed by atoms with Gasteiger partial charge in [-0.25, -0.2) is 0 Å². The van der Waals surface area contributed by atoms with E-state index in [0.29, 0.717) is 0 Å². The van der Waals surface area contributed by atoms with Gasteiger partial charge in [0.15, 0.2) is 17.9 Å². The highest BCUT2D eigenvalue weighted by Crippen LogP contribution is 2.52. The van der Waals surface area contributed by atoms with Crippen LogP contribution in [-0.4, -0.2) is 73.0 Å². The van der Waals surface area contributed by atoms with Gasteiger partial charge in [-0.05, 0) is 19.9 Å². The zero-order valence-corrected chi connectivity index (χ0v) is 20.1. The molecule has 0 bridgehead atoms. The quantitative estimate of drug-likeness (QED) is 0.270. The van der Waals surface area contributed by atoms with Crippen molar-refractivity contribution in [3.63, 3.8) is 0 Å². The number of aromatic hydroxyl groups is 3. The number of ether oxygens (including phenoxy) is 2. The second-order valence-electron chi connectivity index (χ2n) is 9.95. The van der Waals surface area contributed by atoms with E-state index in [1.807, 2.05) is 0 Å². The topological polar surface area (TPSA) is 197 Å². The summed E-state index contributed by atoms with van der Waals surface area (Å²) in [5, 5.41) is 54.1. The first kappa shape index (κ1) is 25.3. The van der Waals surface area contributed by atoms with Crippen LogP contribution in [0.3, 0.4) is 0 Å². The van der Waals surface area contributed by atoms with Crippen LogP contribution < -0.4 is 5.73 Å². The number of hydrogen-bond donors (Lipinski definition) is 6. The van der Waals surface area contributed by atoms with Gasteiger partial charge in [-0.15, -0.1) is 0 Å². The Hall–Kier alpha value is -3.35. The summed E-state index contributed by atoms with van der Waals surface area (Å²) >= 11 is 0. The van der Waals surface area contributed by atoms with Gasteiger partial charge < -0.3 is 40.7 Å². The lowest BCUT2D eigenvalue weighted by molar-refractivity contribution is -0.247. The maximum atomic E-state index is 13.4. The molecule has 2 aliphatic carbocycles. The molecule has 1 fully saturated rings. The van der Waals surface area contributed by atoms with Crippen molar-refractivity contribution in [1.82, 2.24) is 0 Å². The van der Waals surface area contributed by atoms with Gasteiger partial charge in [-0.3, -0.25) is 14.4 Å². The second-order valence-corrected chi connectivity index (χ2v) is 9.95. The van der Waals surface area contributed by atoms with Gasteiger partial charge >= 0.3 is 0 Å². The number of aliphatic hydroxyl groups excluding tert-OH is 1. The number of carbonyl (C=O) groups excluding carboxylic acids is 3. The number of phenolic OH excluding ortho intramolecular Hbond substituents is 3. The van der Waals surface area contributed by atoms with Gasteiger partial charge in [0.05, 0.1) is 35.0 Å². The zero-order valence-electron chi connectivity index (χ0n) is 20.1. The molecule has 0 aromatic heterocycles. The fourth-order valence-corrected chi connectivity index (χ4v) is 5.50. The minimum atomic E-state index is -2.02. The molecule has 1 saturated heterocycles. The number of carbonyl (C=O) groups is 3. The summed E-state index contributed by atoms with van der Waals surface area (Å²) in [5.41, 5.74) is 2.29. The number of nitrogens with two attached hydrogens (primary N) is 1. The Bertz CT molecular complexity index is 1340. The number of fused-ring (bicyclic) bond motifs is 3. The first-order chi connectivity index (χ1) is 17.4. The molecular formula is C26H27NO10. The molecule has 1 aliphatic heterocycles. The molecule has 11 nitrogen and oxygen atoms in total. The van der Waals surface area contributed by atoms with Crippen molar-refractivity contribution < 1.29 is 49.4 Å². The van der Waals surface area contributed by atoms with Gasteiger partial charge in [-0.1, -0.05) is 12.1 Å². The lowest BCUT2D eigenvalue weighted by Crippen LogP contribution is -2.52. The molecule has 1 heterocycles. The normalized spacial score (nSPS) is 30.9. The third-order valence-corrected chi connectivity index (χ3v) is 7.59. The number of hydrogen-bond acceptors (Lipinski definition) is 11. The van der Waals surface area contributed by atoms with Gasteiger partial charge in [0.2, 0.25) is 5.78 Å². The van der Waals surface area contributed by atoms with E-state index in [1.54, 1.807) is 6.92 Å². The molecule has 11 heteroatoms. The van der Waals surface area contributed by atoms with Crippen LogP contribution >= 0.6 is 0 Å². The Labute approximate surface area is 211 Å². The predicted molar refractivity (Wildman–Crippen MR) is 125 cm³/mol. The van der Waals surface area contributed by atoms with Crippen LogP contribution in [0.1, 0.15) is 75.8 Å². The molecule has 0 radical (unpaired) electrons. The zero-order chi connectivity index (χ0) is 27.0. The summed E-state index contributed by atoms with van der Waals surface area (Å²) < 4.78 is 11.7. The van der Waals surface area contributed by atoms with E-state index < -0.39 is 88.4 Å². The predicted octanol–water partition coefficient (Wildman–Crippen LogP) is 0.726. The van der Waals surface area contributed by atoms with Crippen LogP contribution in [0.2, 0.25) is 0 Å². The standard InChI is InChI=1S/C26H27NO10/c1-9-21(30)13(27)6-16(36-9)37-15-8-26(35,10(2)28)7-12-18(15)25(34)20-19(23(12)32)22(31)11-4-3-5-14(29)17(11)24(20)33/h3-5,9,13,15-16,21,29-30,32,34-35H,6-8,27H2,1-2H3/t9-,13-,15-,16?,21+,26-/m0/s1. The van der Waals surface area contributed by atoms with Crippen molar-refractivity contribution in [3.8, 4) is 17.2 Å². The summed E-state index contributed by atoms with van der Waals surface area (Å²) in [6.07, 6.45) is -4.68. The number of benzene rings is 2. The fraction of sp³-hybridized carbons (Fsp3) is 0.423. The average molecular weight is 513 g/mol. The van der Waals surface area contributed by atoms with E-state index in [0.717, 1.165) is 6.92 Å².